The van der Waals surface area contributed by atoms with Gasteiger partial charge in [0.15, 0.2) is 11.2 Å². The normalized spacial score (nSPS) is 30.8. The quantitative estimate of drug-likeness (QED) is 0.262. The van der Waals surface area contributed by atoms with Gasteiger partial charge in [-0.1, -0.05) is 90.5 Å². The summed E-state index contributed by atoms with van der Waals surface area (Å²) in [7, 11) is 0. The van der Waals surface area contributed by atoms with Gasteiger partial charge in [-0.05, 0) is 46.5 Å². The van der Waals surface area contributed by atoms with Crippen LogP contribution in [-0.4, -0.2) is 46.3 Å². The van der Waals surface area contributed by atoms with Gasteiger partial charge in [-0.2, -0.15) is 0 Å². The van der Waals surface area contributed by atoms with E-state index in [9.17, 15) is 10.2 Å². The maximum absolute atomic E-state index is 15.2. The molecule has 8 heteroatoms. The number of aliphatic hydroxyl groups excluding tert-OH is 1. The smallest absolute Gasteiger partial charge is 0.226 e. The molecule has 1 saturated carbocycles. The number of halogens is 2. The first-order chi connectivity index (χ1) is 20.4. The average Bonchev–Trinajstić information content (AvgIpc) is 3.34. The maximum Gasteiger partial charge on any atom is 0.226 e. The number of benzene rings is 4. The van der Waals surface area contributed by atoms with Gasteiger partial charge in [-0.3, -0.25) is 0 Å². The minimum Gasteiger partial charge on any atom is -0.393 e. The number of ether oxygens (including phenoxy) is 4. The summed E-state index contributed by atoms with van der Waals surface area (Å²) >= 11 is 6.05. The van der Waals surface area contributed by atoms with Gasteiger partial charge in [0.2, 0.25) is 5.79 Å². The Labute approximate surface area is 248 Å². The Bertz CT molecular complexity index is 1570. The molecule has 4 aromatic carbocycles. The van der Waals surface area contributed by atoms with E-state index in [1.54, 1.807) is 24.3 Å². The zero-order valence-electron chi connectivity index (χ0n) is 22.7. The van der Waals surface area contributed by atoms with E-state index in [1.807, 2.05) is 72.8 Å². The topological polar surface area (TPSA) is 77.4 Å². The monoisotopic (exact) mass is 588 g/mol. The van der Waals surface area contributed by atoms with Crippen LogP contribution in [0.1, 0.15) is 27.8 Å². The SMILES string of the molecule is OCC12OC3(c4ccc(F)c(Cc5ccc(Cl)cc5)c4)O[C@@H]1[C@@]2(O)[C@H](OCc1ccccc1)C3OCc1ccccc1. The molecule has 0 radical (unpaired) electrons. The third kappa shape index (κ3) is 4.31. The highest BCUT2D eigenvalue weighted by molar-refractivity contribution is 6.30. The molecule has 0 spiro atoms. The number of hydrogen-bond donors (Lipinski definition) is 2. The Kier molecular flexibility index (Phi) is 6.95. The van der Waals surface area contributed by atoms with E-state index < -0.39 is 41.9 Å². The molecule has 0 aromatic heterocycles. The van der Waals surface area contributed by atoms with Crippen LogP contribution < -0.4 is 0 Å². The molecule has 6 atom stereocenters. The second kappa shape index (κ2) is 10.5. The van der Waals surface area contributed by atoms with Gasteiger partial charge in [0.25, 0.3) is 0 Å². The summed E-state index contributed by atoms with van der Waals surface area (Å²) in [5.74, 6) is -1.94. The molecule has 3 unspecified atom stereocenters. The second-order valence-electron chi connectivity index (χ2n) is 11.2. The Morgan fingerprint density at radius 2 is 1.40 bits per heavy atom. The van der Waals surface area contributed by atoms with Crippen LogP contribution in [0.4, 0.5) is 4.39 Å². The summed E-state index contributed by atoms with van der Waals surface area (Å²) in [6.45, 7) is -0.0865. The van der Waals surface area contributed by atoms with Crippen molar-refractivity contribution in [2.24, 2.45) is 0 Å². The molecule has 3 heterocycles. The lowest BCUT2D eigenvalue weighted by atomic mass is 9.85. The standard InChI is InChI=1S/C34H30ClFO6/c35-27-14-11-22(12-15-27)17-25-18-26(13-16-28(25)36)34-30(40-20-24-9-5-2-6-10-24)29(39-19-23-7-3-1-4-8-23)33(38)31(41-34)32(33,21-37)42-34/h1-16,18,29-31,37-38H,17,19-21H2/t29-,30?,31+,32?,33+,34?/m1/s1. The Morgan fingerprint density at radius 3 is 2.00 bits per heavy atom. The molecule has 216 valence electrons. The molecule has 3 aliphatic heterocycles. The molecule has 2 N–H and O–H groups in total. The fraction of sp³-hybridized carbons (Fsp3) is 0.294. The lowest BCUT2D eigenvalue weighted by Gasteiger charge is -2.50. The van der Waals surface area contributed by atoms with Crippen molar-refractivity contribution in [3.05, 3.63) is 142 Å². The summed E-state index contributed by atoms with van der Waals surface area (Å²) in [6.07, 6.45) is -2.39. The van der Waals surface area contributed by atoms with Crippen molar-refractivity contribution >= 4 is 11.6 Å². The third-order valence-electron chi connectivity index (χ3n) is 8.66. The summed E-state index contributed by atoms with van der Waals surface area (Å²) in [4.78, 5) is 0. The summed E-state index contributed by atoms with van der Waals surface area (Å²) in [5.41, 5.74) is 0.628. The van der Waals surface area contributed by atoms with Crippen LogP contribution in [0.2, 0.25) is 5.02 Å². The van der Waals surface area contributed by atoms with Gasteiger partial charge < -0.3 is 29.2 Å². The molecule has 0 amide bonds. The first kappa shape index (κ1) is 27.7. The lowest BCUT2D eigenvalue weighted by molar-refractivity contribution is -0.382. The van der Waals surface area contributed by atoms with Crippen LogP contribution in [0.5, 0.6) is 0 Å². The Morgan fingerprint density at radius 1 is 0.786 bits per heavy atom. The van der Waals surface area contributed by atoms with Gasteiger partial charge in [-0.15, -0.1) is 0 Å². The van der Waals surface area contributed by atoms with Crippen molar-refractivity contribution < 1.29 is 33.6 Å². The number of aliphatic hydroxyl groups is 2. The number of fused-ring (bicyclic) bond motifs is 1. The van der Waals surface area contributed by atoms with Crippen LogP contribution in [0.15, 0.2) is 103 Å². The minimum atomic E-state index is -1.63. The summed E-state index contributed by atoms with van der Waals surface area (Å²) < 4.78 is 41.1. The Hall–Kier alpha value is -3.14. The molecule has 4 fully saturated rings. The number of hydrogen-bond acceptors (Lipinski definition) is 6. The largest absolute Gasteiger partial charge is 0.393 e. The zero-order chi connectivity index (χ0) is 29.0. The lowest BCUT2D eigenvalue weighted by Crippen LogP contribution is -2.67. The van der Waals surface area contributed by atoms with Crippen molar-refractivity contribution in [2.75, 3.05) is 6.61 Å². The van der Waals surface area contributed by atoms with E-state index in [2.05, 4.69) is 0 Å². The average molecular weight is 589 g/mol. The predicted octanol–water partition coefficient (Wildman–Crippen LogP) is 5.30. The van der Waals surface area contributed by atoms with Crippen molar-refractivity contribution in [3.63, 3.8) is 0 Å². The van der Waals surface area contributed by atoms with Crippen LogP contribution in [0.3, 0.4) is 0 Å². The van der Waals surface area contributed by atoms with Crippen molar-refractivity contribution in [2.45, 2.75) is 54.9 Å². The van der Waals surface area contributed by atoms with E-state index in [4.69, 9.17) is 30.5 Å². The van der Waals surface area contributed by atoms with Gasteiger partial charge >= 0.3 is 0 Å². The highest BCUT2D eigenvalue weighted by atomic mass is 35.5. The van der Waals surface area contributed by atoms with Crippen molar-refractivity contribution in [1.29, 1.82) is 0 Å². The van der Waals surface area contributed by atoms with Crippen LogP contribution in [0.25, 0.3) is 0 Å². The zero-order valence-corrected chi connectivity index (χ0v) is 23.4. The van der Waals surface area contributed by atoms with E-state index in [0.29, 0.717) is 22.6 Å². The minimum absolute atomic E-state index is 0.191. The van der Waals surface area contributed by atoms with Gasteiger partial charge in [0.1, 0.15) is 24.1 Å². The maximum atomic E-state index is 15.2. The molecular formula is C34H30ClFO6. The molecule has 3 saturated heterocycles. The first-order valence-corrected chi connectivity index (χ1v) is 14.3. The fourth-order valence-corrected chi connectivity index (χ4v) is 6.55. The highest BCUT2D eigenvalue weighted by Gasteiger charge is 2.95. The van der Waals surface area contributed by atoms with Gasteiger partial charge in [0, 0.05) is 17.0 Å². The molecule has 6 nitrogen and oxygen atoms in total. The van der Waals surface area contributed by atoms with E-state index in [-0.39, 0.29) is 19.0 Å². The highest BCUT2D eigenvalue weighted by Crippen LogP contribution is 2.71. The van der Waals surface area contributed by atoms with Crippen LogP contribution >= 0.6 is 11.6 Å². The van der Waals surface area contributed by atoms with E-state index >= 15 is 4.39 Å². The molecule has 4 aliphatic rings. The molecule has 42 heavy (non-hydrogen) atoms. The van der Waals surface area contributed by atoms with E-state index in [1.165, 1.54) is 6.07 Å². The molecule has 8 rings (SSSR count). The van der Waals surface area contributed by atoms with Crippen LogP contribution in [-0.2, 0) is 44.4 Å². The second-order valence-corrected chi connectivity index (χ2v) is 11.6. The predicted molar refractivity (Wildman–Crippen MR) is 153 cm³/mol. The van der Waals surface area contributed by atoms with E-state index in [0.717, 1.165) is 16.7 Å². The molecular weight excluding hydrogens is 559 g/mol. The van der Waals surface area contributed by atoms with Crippen molar-refractivity contribution in [3.8, 4) is 0 Å². The molecule has 4 aromatic rings. The molecule has 4 bridgehead atoms. The van der Waals surface area contributed by atoms with Gasteiger partial charge in [0.05, 0.1) is 19.8 Å². The number of rotatable bonds is 10. The third-order valence-corrected chi connectivity index (χ3v) is 8.92. The fourth-order valence-electron chi connectivity index (χ4n) is 6.43. The molecule has 1 aliphatic carbocycles. The van der Waals surface area contributed by atoms with Crippen molar-refractivity contribution in [1.82, 2.24) is 0 Å². The summed E-state index contributed by atoms with van der Waals surface area (Å²) in [5, 5.41) is 23.0. The first-order valence-electron chi connectivity index (χ1n) is 14.0. The van der Waals surface area contributed by atoms with Crippen LogP contribution in [0, 0.1) is 5.82 Å². The van der Waals surface area contributed by atoms with Gasteiger partial charge in [-0.25, -0.2) is 4.39 Å². The Balaban J connectivity index is 1.28. The summed E-state index contributed by atoms with van der Waals surface area (Å²) in [6, 6.07) is 31.2.